The summed E-state index contributed by atoms with van der Waals surface area (Å²) in [6.45, 7) is 6.05. The highest BCUT2D eigenvalue weighted by molar-refractivity contribution is 5.90. The highest BCUT2D eigenvalue weighted by Crippen LogP contribution is 2.34. The Balaban J connectivity index is 1.31. The fourth-order valence-corrected chi connectivity index (χ4v) is 5.31. The zero-order valence-electron chi connectivity index (χ0n) is 20.9. The van der Waals surface area contributed by atoms with E-state index < -0.39 is 11.7 Å². The lowest BCUT2D eigenvalue weighted by atomic mass is 9.90. The molecule has 2 saturated heterocycles. The zero-order valence-corrected chi connectivity index (χ0v) is 20.9. The molecule has 13 heteroatoms. The number of anilines is 2. The second-order valence-corrected chi connectivity index (χ2v) is 10.2. The second kappa shape index (κ2) is 9.38. The van der Waals surface area contributed by atoms with Gasteiger partial charge in [0.05, 0.1) is 41.5 Å². The minimum atomic E-state index is -4.48. The third kappa shape index (κ3) is 4.53. The number of aromatic nitrogens is 4. The van der Waals surface area contributed by atoms with Crippen molar-refractivity contribution in [2.75, 3.05) is 49.5 Å². The van der Waals surface area contributed by atoms with E-state index in [4.69, 9.17) is 4.98 Å². The Morgan fingerprint density at radius 3 is 2.63 bits per heavy atom. The van der Waals surface area contributed by atoms with Crippen molar-refractivity contribution in [2.24, 2.45) is 0 Å². The van der Waals surface area contributed by atoms with Gasteiger partial charge < -0.3 is 20.2 Å². The zero-order chi connectivity index (χ0) is 26.6. The van der Waals surface area contributed by atoms with Crippen molar-refractivity contribution in [1.82, 2.24) is 29.5 Å². The second-order valence-electron chi connectivity index (χ2n) is 10.2. The summed E-state index contributed by atoms with van der Waals surface area (Å²) in [6.07, 6.45) is -2.14. The SMILES string of the molecule is CCN1CCN(C2CN(c3nc(NC4CC(O)C4)nc4c3cnn4-c3cccc(C(F)(F)F)c3)C2)C(=O)C1. The van der Waals surface area contributed by atoms with E-state index in [0.29, 0.717) is 61.8 Å². The Hall–Kier alpha value is -3.45. The number of piperazine rings is 1. The van der Waals surface area contributed by atoms with E-state index in [1.54, 1.807) is 12.3 Å². The van der Waals surface area contributed by atoms with E-state index in [-0.39, 0.29) is 29.8 Å². The summed E-state index contributed by atoms with van der Waals surface area (Å²) in [5.74, 6) is 1.07. The molecule has 0 bridgehead atoms. The van der Waals surface area contributed by atoms with Crippen LogP contribution in [0, 0.1) is 0 Å². The molecular formula is C25H29F3N8O2. The Morgan fingerprint density at radius 2 is 1.95 bits per heavy atom. The molecule has 38 heavy (non-hydrogen) atoms. The van der Waals surface area contributed by atoms with Crippen molar-refractivity contribution in [3.8, 4) is 5.69 Å². The van der Waals surface area contributed by atoms with Crippen molar-refractivity contribution in [3.05, 3.63) is 36.0 Å². The van der Waals surface area contributed by atoms with Crippen LogP contribution in [0.2, 0.25) is 0 Å². The molecule has 6 rings (SSSR count). The lowest BCUT2D eigenvalue weighted by Gasteiger charge is -2.48. The number of hydrogen-bond donors (Lipinski definition) is 2. The van der Waals surface area contributed by atoms with Gasteiger partial charge in [0.1, 0.15) is 5.82 Å². The largest absolute Gasteiger partial charge is 0.416 e. The first-order chi connectivity index (χ1) is 18.2. The van der Waals surface area contributed by atoms with Crippen LogP contribution in [-0.4, -0.2) is 98.0 Å². The van der Waals surface area contributed by atoms with Gasteiger partial charge in [0.15, 0.2) is 5.65 Å². The molecule has 0 radical (unpaired) electrons. The maximum Gasteiger partial charge on any atom is 0.416 e. The van der Waals surface area contributed by atoms with Crippen molar-refractivity contribution < 1.29 is 23.1 Å². The van der Waals surface area contributed by atoms with Gasteiger partial charge in [-0.15, -0.1) is 0 Å². The summed E-state index contributed by atoms with van der Waals surface area (Å²) >= 11 is 0. The number of hydrogen-bond acceptors (Lipinski definition) is 8. The number of aliphatic hydroxyl groups excluding tert-OH is 1. The lowest BCUT2D eigenvalue weighted by Crippen LogP contribution is -2.65. The average Bonchev–Trinajstić information content (AvgIpc) is 3.27. The number of benzene rings is 1. The topological polar surface area (TPSA) is 103 Å². The van der Waals surface area contributed by atoms with E-state index in [0.717, 1.165) is 25.2 Å². The maximum atomic E-state index is 13.4. The highest BCUT2D eigenvalue weighted by Gasteiger charge is 2.39. The highest BCUT2D eigenvalue weighted by atomic mass is 19.4. The van der Waals surface area contributed by atoms with Gasteiger partial charge in [-0.2, -0.15) is 28.2 Å². The molecule has 3 aromatic rings. The molecule has 202 valence electrons. The van der Waals surface area contributed by atoms with Crippen LogP contribution in [0.3, 0.4) is 0 Å². The molecule has 1 amide bonds. The summed E-state index contributed by atoms with van der Waals surface area (Å²) in [6, 6.07) is 5.05. The molecule has 0 unspecified atom stereocenters. The molecule has 1 saturated carbocycles. The quantitative estimate of drug-likeness (QED) is 0.500. The summed E-state index contributed by atoms with van der Waals surface area (Å²) in [4.78, 5) is 28.1. The minimum absolute atomic E-state index is 0.0110. The van der Waals surface area contributed by atoms with Gasteiger partial charge in [-0.05, 0) is 37.6 Å². The first-order valence-electron chi connectivity index (χ1n) is 12.8. The van der Waals surface area contributed by atoms with Crippen molar-refractivity contribution in [1.29, 1.82) is 0 Å². The van der Waals surface area contributed by atoms with Gasteiger partial charge in [-0.25, -0.2) is 4.68 Å². The van der Waals surface area contributed by atoms with E-state index in [1.165, 1.54) is 10.7 Å². The number of aliphatic hydroxyl groups is 1. The smallest absolute Gasteiger partial charge is 0.393 e. The van der Waals surface area contributed by atoms with Crippen LogP contribution >= 0.6 is 0 Å². The van der Waals surface area contributed by atoms with Crippen LogP contribution in [0.1, 0.15) is 25.3 Å². The number of likely N-dealkylation sites (N-methyl/N-ethyl adjacent to an activating group) is 1. The van der Waals surface area contributed by atoms with Crippen LogP contribution in [-0.2, 0) is 11.0 Å². The van der Waals surface area contributed by atoms with Gasteiger partial charge >= 0.3 is 6.18 Å². The summed E-state index contributed by atoms with van der Waals surface area (Å²) in [5.41, 5.74) is -0.147. The third-order valence-corrected chi connectivity index (χ3v) is 7.66. The van der Waals surface area contributed by atoms with Gasteiger partial charge in [0, 0.05) is 32.2 Å². The summed E-state index contributed by atoms with van der Waals surface area (Å²) in [7, 11) is 0. The van der Waals surface area contributed by atoms with Crippen molar-refractivity contribution in [3.63, 3.8) is 0 Å². The molecule has 0 spiro atoms. The van der Waals surface area contributed by atoms with Crippen LogP contribution in [0.15, 0.2) is 30.5 Å². The number of alkyl halides is 3. The standard InChI is InChI=1S/C25H29F3N8O2/c1-2-33-6-7-35(21(38)14-33)18-12-34(13-18)22-20-11-29-36(17-5-3-4-15(8-17)25(26,27)28)23(20)32-24(31-22)30-16-9-19(37)10-16/h3-5,8,11,16,18-19,37H,2,6-7,9-10,12-14H2,1H3,(H,30,31,32). The van der Waals surface area contributed by atoms with E-state index in [1.807, 2.05) is 16.7 Å². The summed E-state index contributed by atoms with van der Waals surface area (Å²) < 4.78 is 41.5. The van der Waals surface area contributed by atoms with Crippen molar-refractivity contribution >= 4 is 28.7 Å². The molecule has 3 fully saturated rings. The molecule has 2 aromatic heterocycles. The number of nitrogens with one attached hydrogen (secondary N) is 1. The predicted molar refractivity (Wildman–Crippen MR) is 134 cm³/mol. The van der Waals surface area contributed by atoms with Gasteiger partial charge in [-0.3, -0.25) is 9.69 Å². The molecule has 0 atom stereocenters. The lowest BCUT2D eigenvalue weighted by molar-refractivity contribution is -0.139. The molecule has 2 N–H and O–H groups in total. The molecule has 2 aliphatic heterocycles. The molecule has 1 aromatic carbocycles. The number of fused-ring (bicyclic) bond motifs is 1. The molecule has 10 nitrogen and oxygen atoms in total. The fraction of sp³-hybridized carbons (Fsp3) is 0.520. The normalized spacial score (nSPS) is 23.0. The van der Waals surface area contributed by atoms with E-state index >= 15 is 0 Å². The van der Waals surface area contributed by atoms with Gasteiger partial charge in [0.2, 0.25) is 11.9 Å². The van der Waals surface area contributed by atoms with Crippen LogP contribution in [0.4, 0.5) is 24.9 Å². The van der Waals surface area contributed by atoms with E-state index in [2.05, 4.69) is 20.3 Å². The fourth-order valence-electron chi connectivity index (χ4n) is 5.31. The first-order valence-corrected chi connectivity index (χ1v) is 12.8. The molecule has 3 aliphatic rings. The third-order valence-electron chi connectivity index (χ3n) is 7.66. The van der Waals surface area contributed by atoms with Crippen LogP contribution < -0.4 is 10.2 Å². The number of nitrogens with zero attached hydrogens (tertiary/aromatic N) is 7. The first kappa shape index (κ1) is 24.9. The number of amides is 1. The summed E-state index contributed by atoms with van der Waals surface area (Å²) in [5, 5.41) is 17.9. The monoisotopic (exact) mass is 530 g/mol. The molecule has 4 heterocycles. The number of carbonyl (C=O) groups excluding carboxylic acids is 1. The Kier molecular flexibility index (Phi) is 6.14. The van der Waals surface area contributed by atoms with Gasteiger partial charge in [-0.1, -0.05) is 13.0 Å². The van der Waals surface area contributed by atoms with Crippen LogP contribution in [0.25, 0.3) is 16.7 Å². The minimum Gasteiger partial charge on any atom is -0.393 e. The van der Waals surface area contributed by atoms with Gasteiger partial charge in [0.25, 0.3) is 0 Å². The number of carbonyl (C=O) groups is 1. The average molecular weight is 531 g/mol. The van der Waals surface area contributed by atoms with Crippen molar-refractivity contribution in [2.45, 2.75) is 44.1 Å². The number of rotatable bonds is 6. The van der Waals surface area contributed by atoms with Crippen LogP contribution in [0.5, 0.6) is 0 Å². The molecule has 1 aliphatic carbocycles. The maximum absolute atomic E-state index is 13.4. The van der Waals surface area contributed by atoms with E-state index in [9.17, 15) is 23.1 Å². The number of halogens is 3. The molecular weight excluding hydrogens is 501 g/mol. The Morgan fingerprint density at radius 1 is 1.16 bits per heavy atom. The Labute approximate surface area is 217 Å². The predicted octanol–water partition coefficient (Wildman–Crippen LogP) is 2.12. The Bertz CT molecular complexity index is 1350.